The molecule has 0 spiro atoms. The van der Waals surface area contributed by atoms with E-state index in [0.717, 1.165) is 66.2 Å². The second-order valence-electron chi connectivity index (χ2n) is 7.26. The fraction of sp³-hybridized carbons (Fsp3) is 0.435. The Kier molecular flexibility index (Phi) is 10.5. The number of nitrogens with zero attached hydrogens (tertiary/aromatic N) is 2. The number of anilines is 1. The fourth-order valence-electron chi connectivity index (χ4n) is 3.56. The van der Waals surface area contributed by atoms with Crippen LogP contribution < -0.4 is 25.0 Å². The number of piperidine rings is 1. The lowest BCUT2D eigenvalue weighted by Gasteiger charge is -2.34. The molecule has 1 saturated heterocycles. The molecule has 0 saturated carbocycles. The largest absolute Gasteiger partial charge is 0.497 e. The van der Waals surface area contributed by atoms with Crippen molar-refractivity contribution in [2.45, 2.75) is 32.4 Å². The first kappa shape index (κ1) is 25.4. The highest BCUT2D eigenvalue weighted by Crippen LogP contribution is 2.30. The van der Waals surface area contributed by atoms with Crippen LogP contribution in [0.1, 0.15) is 25.3 Å². The van der Waals surface area contributed by atoms with Gasteiger partial charge in [0.05, 0.1) is 20.8 Å². The third-order valence-electron chi connectivity index (χ3n) is 5.25. The number of methoxy groups -OCH3 is 2. The van der Waals surface area contributed by atoms with Crippen molar-refractivity contribution < 1.29 is 9.47 Å². The monoisotopic (exact) mass is 558 g/mol. The number of ether oxygens (including phenoxy) is 2. The molecule has 2 aromatic rings. The lowest BCUT2D eigenvalue weighted by molar-refractivity contribution is 0.393. The standard InChI is InChI=1S/C23H31ClN4O2.HI/c1-4-25-23(26-16-17-7-5-6-8-22(17)24)27-18-9-11-28(12-10-18)19-13-20(29-2)15-21(14-19)30-3;/h5-8,13-15,18H,4,9-12,16H2,1-3H3,(H2,25,26,27);1H. The van der Waals surface area contributed by atoms with Crippen LogP contribution in [0.4, 0.5) is 5.69 Å². The van der Waals surface area contributed by atoms with Crippen molar-refractivity contribution in [3.63, 3.8) is 0 Å². The fourth-order valence-corrected chi connectivity index (χ4v) is 3.76. The summed E-state index contributed by atoms with van der Waals surface area (Å²) in [7, 11) is 3.36. The number of benzene rings is 2. The summed E-state index contributed by atoms with van der Waals surface area (Å²) in [5, 5.41) is 7.67. The highest BCUT2D eigenvalue weighted by atomic mass is 127. The zero-order valence-corrected chi connectivity index (χ0v) is 21.4. The molecular weight excluding hydrogens is 527 g/mol. The second kappa shape index (κ2) is 12.9. The van der Waals surface area contributed by atoms with Crippen molar-refractivity contribution in [1.82, 2.24) is 10.6 Å². The first-order valence-electron chi connectivity index (χ1n) is 10.4. The molecule has 6 nitrogen and oxygen atoms in total. The first-order valence-corrected chi connectivity index (χ1v) is 10.8. The first-order chi connectivity index (χ1) is 14.6. The van der Waals surface area contributed by atoms with Gasteiger partial charge in [0.1, 0.15) is 11.5 Å². The van der Waals surface area contributed by atoms with E-state index in [1.165, 1.54) is 0 Å². The average molecular weight is 559 g/mol. The summed E-state index contributed by atoms with van der Waals surface area (Å²) >= 11 is 6.26. The van der Waals surface area contributed by atoms with Gasteiger partial charge in [0.2, 0.25) is 0 Å². The van der Waals surface area contributed by atoms with Crippen LogP contribution in [0.15, 0.2) is 47.5 Å². The molecule has 0 aliphatic carbocycles. The molecular formula is C23H32ClIN4O2. The number of hydrogen-bond acceptors (Lipinski definition) is 4. The molecule has 3 rings (SSSR count). The van der Waals surface area contributed by atoms with Crippen LogP contribution in [0, 0.1) is 0 Å². The molecule has 1 aliphatic heterocycles. The molecule has 0 unspecified atom stereocenters. The SMILES string of the molecule is CCNC(=NCc1ccccc1Cl)NC1CCN(c2cc(OC)cc(OC)c2)CC1.I. The van der Waals surface area contributed by atoms with E-state index < -0.39 is 0 Å². The van der Waals surface area contributed by atoms with E-state index in [1.54, 1.807) is 14.2 Å². The average Bonchev–Trinajstić information content (AvgIpc) is 2.78. The Labute approximate surface area is 207 Å². The second-order valence-corrected chi connectivity index (χ2v) is 7.67. The predicted octanol–water partition coefficient (Wildman–Crippen LogP) is 4.70. The lowest BCUT2D eigenvalue weighted by atomic mass is 10.0. The molecule has 2 N–H and O–H groups in total. The quantitative estimate of drug-likeness (QED) is 0.293. The summed E-state index contributed by atoms with van der Waals surface area (Å²) in [6.45, 7) is 5.36. The zero-order valence-electron chi connectivity index (χ0n) is 18.4. The van der Waals surface area contributed by atoms with Gasteiger partial charge < -0.3 is 25.0 Å². The maximum atomic E-state index is 6.26. The summed E-state index contributed by atoms with van der Waals surface area (Å²) in [6.07, 6.45) is 2.05. The van der Waals surface area contributed by atoms with Gasteiger partial charge in [-0.05, 0) is 31.4 Å². The molecule has 1 aliphatic rings. The molecule has 0 atom stereocenters. The van der Waals surface area contributed by atoms with Gasteiger partial charge in [-0.15, -0.1) is 24.0 Å². The normalized spacial score (nSPS) is 14.6. The highest BCUT2D eigenvalue weighted by Gasteiger charge is 2.21. The Morgan fingerprint density at radius 3 is 2.32 bits per heavy atom. The smallest absolute Gasteiger partial charge is 0.191 e. The summed E-state index contributed by atoms with van der Waals surface area (Å²) in [6, 6.07) is 14.2. The van der Waals surface area contributed by atoms with Gasteiger partial charge in [-0.2, -0.15) is 0 Å². The Morgan fingerprint density at radius 2 is 1.74 bits per heavy atom. The molecule has 0 bridgehead atoms. The summed E-state index contributed by atoms with van der Waals surface area (Å²) in [4.78, 5) is 7.10. The molecule has 1 heterocycles. The van der Waals surface area contributed by atoms with Gasteiger partial charge in [0, 0.05) is 54.6 Å². The summed E-state index contributed by atoms with van der Waals surface area (Å²) in [5.41, 5.74) is 2.15. The molecule has 0 aromatic heterocycles. The van der Waals surface area contributed by atoms with Crippen LogP contribution in [-0.2, 0) is 6.54 Å². The third-order valence-corrected chi connectivity index (χ3v) is 5.62. The van der Waals surface area contributed by atoms with Crippen molar-refractivity contribution in [3.05, 3.63) is 53.1 Å². The van der Waals surface area contributed by atoms with Gasteiger partial charge >= 0.3 is 0 Å². The lowest BCUT2D eigenvalue weighted by Crippen LogP contribution is -2.48. The summed E-state index contributed by atoms with van der Waals surface area (Å²) < 4.78 is 10.8. The summed E-state index contributed by atoms with van der Waals surface area (Å²) in [5.74, 6) is 2.45. The van der Waals surface area contributed by atoms with Gasteiger partial charge in [-0.25, -0.2) is 4.99 Å². The number of aliphatic imine (C=N–C) groups is 1. The molecule has 1 fully saturated rings. The van der Waals surface area contributed by atoms with Crippen molar-refractivity contribution in [2.24, 2.45) is 4.99 Å². The van der Waals surface area contributed by atoms with Crippen molar-refractivity contribution in [1.29, 1.82) is 0 Å². The number of hydrogen-bond donors (Lipinski definition) is 2. The number of guanidine groups is 1. The number of nitrogens with one attached hydrogen (secondary N) is 2. The predicted molar refractivity (Wildman–Crippen MR) is 140 cm³/mol. The third kappa shape index (κ3) is 7.35. The molecule has 0 radical (unpaired) electrons. The Hall–Kier alpha value is -1.87. The van der Waals surface area contributed by atoms with E-state index in [9.17, 15) is 0 Å². The van der Waals surface area contributed by atoms with Crippen LogP contribution in [0.5, 0.6) is 11.5 Å². The van der Waals surface area contributed by atoms with Crippen LogP contribution in [0.25, 0.3) is 0 Å². The van der Waals surface area contributed by atoms with Gasteiger partial charge in [0.25, 0.3) is 0 Å². The Balaban J connectivity index is 0.00000341. The minimum absolute atomic E-state index is 0. The van der Waals surface area contributed by atoms with Crippen molar-refractivity contribution in [3.8, 4) is 11.5 Å². The molecule has 0 amide bonds. The molecule has 2 aromatic carbocycles. The number of rotatable bonds is 7. The Morgan fingerprint density at radius 1 is 1.10 bits per heavy atom. The van der Waals surface area contributed by atoms with E-state index in [4.69, 9.17) is 26.1 Å². The minimum atomic E-state index is 0. The van der Waals surface area contributed by atoms with E-state index in [2.05, 4.69) is 34.6 Å². The van der Waals surface area contributed by atoms with Gasteiger partial charge in [-0.3, -0.25) is 0 Å². The van der Waals surface area contributed by atoms with Crippen LogP contribution >= 0.6 is 35.6 Å². The van der Waals surface area contributed by atoms with E-state index >= 15 is 0 Å². The van der Waals surface area contributed by atoms with Crippen LogP contribution in [-0.4, -0.2) is 45.9 Å². The maximum Gasteiger partial charge on any atom is 0.191 e. The molecule has 8 heteroatoms. The van der Waals surface area contributed by atoms with Crippen molar-refractivity contribution >= 4 is 47.2 Å². The van der Waals surface area contributed by atoms with Gasteiger partial charge in [0.15, 0.2) is 5.96 Å². The topological polar surface area (TPSA) is 58.1 Å². The maximum absolute atomic E-state index is 6.26. The van der Waals surface area contributed by atoms with Crippen LogP contribution in [0.2, 0.25) is 5.02 Å². The molecule has 170 valence electrons. The highest BCUT2D eigenvalue weighted by molar-refractivity contribution is 14.0. The van der Waals surface area contributed by atoms with E-state index in [0.29, 0.717) is 12.6 Å². The van der Waals surface area contributed by atoms with Crippen molar-refractivity contribution in [2.75, 3.05) is 38.8 Å². The Bertz CT molecular complexity index is 835. The minimum Gasteiger partial charge on any atom is -0.497 e. The van der Waals surface area contributed by atoms with E-state index in [1.807, 2.05) is 30.3 Å². The number of halogens is 2. The zero-order chi connectivity index (χ0) is 21.3. The van der Waals surface area contributed by atoms with Crippen LogP contribution in [0.3, 0.4) is 0 Å². The van der Waals surface area contributed by atoms with E-state index in [-0.39, 0.29) is 24.0 Å². The molecule has 31 heavy (non-hydrogen) atoms. The van der Waals surface area contributed by atoms with Gasteiger partial charge in [-0.1, -0.05) is 29.8 Å².